The van der Waals surface area contributed by atoms with E-state index in [0.717, 1.165) is 48.7 Å². The Balaban J connectivity index is 1.99. The zero-order valence-corrected chi connectivity index (χ0v) is 24.3. The van der Waals surface area contributed by atoms with Crippen LogP contribution in [0.5, 0.6) is 5.75 Å². The minimum atomic E-state index is -4.03. The quantitative estimate of drug-likeness (QED) is 0.299. The van der Waals surface area contributed by atoms with Gasteiger partial charge in [-0.2, -0.15) is 0 Å². The Bertz CT molecular complexity index is 1330. The number of methoxy groups -OCH3 is 1. The minimum Gasteiger partial charge on any atom is -0.497 e. The molecule has 0 bridgehead atoms. The van der Waals surface area contributed by atoms with Crippen LogP contribution in [0.1, 0.15) is 56.6 Å². The molecule has 0 heterocycles. The molecule has 1 fully saturated rings. The number of anilines is 1. The molecule has 40 heavy (non-hydrogen) atoms. The highest BCUT2D eigenvalue weighted by molar-refractivity contribution is 7.92. The molecule has 2 aromatic rings. The van der Waals surface area contributed by atoms with Crippen LogP contribution in [0.15, 0.2) is 42.5 Å². The molecule has 11 nitrogen and oxygen atoms in total. The van der Waals surface area contributed by atoms with Gasteiger partial charge in [0.15, 0.2) is 0 Å². The number of carbonyl (C=O) groups excluding carboxylic acids is 2. The van der Waals surface area contributed by atoms with Crippen LogP contribution in [0.25, 0.3) is 0 Å². The molecule has 1 saturated carbocycles. The van der Waals surface area contributed by atoms with Crippen molar-refractivity contribution in [2.75, 3.05) is 24.2 Å². The van der Waals surface area contributed by atoms with Gasteiger partial charge in [-0.3, -0.25) is 24.0 Å². The van der Waals surface area contributed by atoms with E-state index in [4.69, 9.17) is 4.74 Å². The van der Waals surface area contributed by atoms with Crippen molar-refractivity contribution < 1.29 is 27.7 Å². The summed E-state index contributed by atoms with van der Waals surface area (Å²) in [4.78, 5) is 39.6. The van der Waals surface area contributed by atoms with Gasteiger partial charge in [-0.25, -0.2) is 8.42 Å². The fourth-order valence-corrected chi connectivity index (χ4v) is 5.91. The number of benzene rings is 2. The molecule has 0 spiro atoms. The van der Waals surface area contributed by atoms with Crippen molar-refractivity contribution in [2.24, 2.45) is 0 Å². The third-order valence-corrected chi connectivity index (χ3v) is 8.30. The van der Waals surface area contributed by atoms with E-state index < -0.39 is 33.4 Å². The van der Waals surface area contributed by atoms with Gasteiger partial charge in [0.2, 0.25) is 21.8 Å². The number of nitrogens with zero attached hydrogens (tertiary/aromatic N) is 3. The number of nitrogens with one attached hydrogen (secondary N) is 1. The highest BCUT2D eigenvalue weighted by Gasteiger charge is 2.33. The van der Waals surface area contributed by atoms with Crippen molar-refractivity contribution in [1.29, 1.82) is 0 Å². The third kappa shape index (κ3) is 7.93. The molecule has 3 rings (SSSR count). The summed E-state index contributed by atoms with van der Waals surface area (Å²) >= 11 is 0. The Labute approximate surface area is 235 Å². The summed E-state index contributed by atoms with van der Waals surface area (Å²) in [6.45, 7) is 2.83. The van der Waals surface area contributed by atoms with Crippen LogP contribution in [0.4, 0.5) is 11.4 Å². The van der Waals surface area contributed by atoms with Crippen LogP contribution in [0.2, 0.25) is 0 Å². The first-order valence-electron chi connectivity index (χ1n) is 13.4. The number of amides is 2. The summed E-state index contributed by atoms with van der Waals surface area (Å²) in [6.07, 6.45) is 6.18. The van der Waals surface area contributed by atoms with Gasteiger partial charge in [-0.1, -0.05) is 44.4 Å². The summed E-state index contributed by atoms with van der Waals surface area (Å²) in [5, 5.41) is 14.5. The van der Waals surface area contributed by atoms with Crippen LogP contribution in [-0.4, -0.2) is 62.0 Å². The van der Waals surface area contributed by atoms with E-state index in [1.807, 2.05) is 0 Å². The lowest BCUT2D eigenvalue weighted by atomic mass is 9.95. The lowest BCUT2D eigenvalue weighted by Crippen LogP contribution is -2.54. The average Bonchev–Trinajstić information content (AvgIpc) is 2.91. The molecule has 0 aromatic heterocycles. The van der Waals surface area contributed by atoms with E-state index >= 15 is 0 Å². The number of non-ortho nitro benzene ring substituents is 1. The van der Waals surface area contributed by atoms with E-state index in [1.54, 1.807) is 38.1 Å². The summed E-state index contributed by atoms with van der Waals surface area (Å²) in [5.41, 5.74) is 0.888. The van der Waals surface area contributed by atoms with E-state index in [9.17, 15) is 28.1 Å². The number of aryl methyl sites for hydroxylation is 1. The predicted octanol–water partition coefficient (Wildman–Crippen LogP) is 3.93. The van der Waals surface area contributed by atoms with Crippen molar-refractivity contribution >= 4 is 33.2 Å². The SMILES string of the molecule is CC[C@H](C(=O)NC1CCCCC1)N(Cc1cccc(OC)c1)C(=O)CN(c1cc([N+](=O)[O-])ccc1C)S(C)(=O)=O. The lowest BCUT2D eigenvalue weighted by molar-refractivity contribution is -0.384. The van der Waals surface area contributed by atoms with Crippen molar-refractivity contribution in [3.8, 4) is 5.75 Å². The summed E-state index contributed by atoms with van der Waals surface area (Å²) < 4.78 is 32.0. The Morgan fingerprint density at radius 1 is 1.15 bits per heavy atom. The maximum Gasteiger partial charge on any atom is 0.271 e. The number of carbonyl (C=O) groups is 2. The van der Waals surface area contributed by atoms with Crippen LogP contribution >= 0.6 is 0 Å². The Hall–Kier alpha value is -3.67. The van der Waals surface area contributed by atoms with Gasteiger partial charge in [0.1, 0.15) is 18.3 Å². The average molecular weight is 575 g/mol. The normalized spacial score (nSPS) is 14.7. The van der Waals surface area contributed by atoms with Crippen molar-refractivity contribution in [1.82, 2.24) is 10.2 Å². The zero-order chi connectivity index (χ0) is 29.4. The molecule has 0 radical (unpaired) electrons. The monoisotopic (exact) mass is 574 g/mol. The summed E-state index contributed by atoms with van der Waals surface area (Å²) in [5.74, 6) is -0.317. The molecule has 2 amide bonds. The van der Waals surface area contributed by atoms with Gasteiger partial charge in [0.05, 0.1) is 24.0 Å². The maximum atomic E-state index is 13.9. The molecule has 2 aromatic carbocycles. The molecule has 218 valence electrons. The van der Waals surface area contributed by atoms with E-state index in [-0.39, 0.29) is 29.9 Å². The van der Waals surface area contributed by atoms with Gasteiger partial charge >= 0.3 is 0 Å². The fraction of sp³-hybridized carbons (Fsp3) is 0.500. The summed E-state index contributed by atoms with van der Waals surface area (Å²) in [7, 11) is -2.50. The molecule has 0 saturated heterocycles. The van der Waals surface area contributed by atoms with Gasteiger partial charge < -0.3 is 15.0 Å². The van der Waals surface area contributed by atoms with Crippen molar-refractivity contribution in [3.05, 3.63) is 63.7 Å². The lowest BCUT2D eigenvalue weighted by Gasteiger charge is -2.34. The largest absolute Gasteiger partial charge is 0.497 e. The number of hydrogen-bond acceptors (Lipinski definition) is 7. The van der Waals surface area contributed by atoms with Crippen LogP contribution in [0.3, 0.4) is 0 Å². The molecule has 1 N–H and O–H groups in total. The predicted molar refractivity (Wildman–Crippen MR) is 153 cm³/mol. The second-order valence-electron chi connectivity index (χ2n) is 10.1. The first kappa shape index (κ1) is 30.9. The summed E-state index contributed by atoms with van der Waals surface area (Å²) in [6, 6.07) is 10.1. The zero-order valence-electron chi connectivity index (χ0n) is 23.5. The van der Waals surface area contributed by atoms with E-state index in [0.29, 0.717) is 23.3 Å². The first-order valence-corrected chi connectivity index (χ1v) is 15.2. The second-order valence-corrected chi connectivity index (χ2v) is 12.0. The van der Waals surface area contributed by atoms with Crippen LogP contribution in [0, 0.1) is 17.0 Å². The van der Waals surface area contributed by atoms with Crippen molar-refractivity contribution in [2.45, 2.75) is 71.0 Å². The molecular formula is C28H38N4O7S. The molecular weight excluding hydrogens is 536 g/mol. The Morgan fingerprint density at radius 3 is 2.45 bits per heavy atom. The standard InChI is InChI=1S/C28H38N4O7S/c1-5-25(28(34)29-22-11-7-6-8-12-22)30(18-21-10-9-13-24(16-21)39-3)27(33)19-31(40(4,37)38)26-17-23(32(35)36)15-14-20(26)2/h9-10,13-17,22,25H,5-8,11-12,18-19H2,1-4H3,(H,29,34)/t25-/m1/s1. The molecule has 12 heteroatoms. The smallest absolute Gasteiger partial charge is 0.271 e. The number of nitro groups is 1. The number of hydrogen-bond donors (Lipinski definition) is 1. The molecule has 1 atom stereocenters. The molecule has 1 aliphatic carbocycles. The van der Waals surface area contributed by atoms with Gasteiger partial charge in [0, 0.05) is 24.7 Å². The number of sulfonamides is 1. The Morgan fingerprint density at radius 2 is 1.85 bits per heavy atom. The van der Waals surface area contributed by atoms with Gasteiger partial charge in [-0.05, 0) is 49.4 Å². The van der Waals surface area contributed by atoms with Crippen LogP contribution < -0.4 is 14.4 Å². The highest BCUT2D eigenvalue weighted by atomic mass is 32.2. The maximum absolute atomic E-state index is 13.9. The Kier molecular flexibility index (Phi) is 10.5. The van der Waals surface area contributed by atoms with E-state index in [1.165, 1.54) is 24.1 Å². The topological polar surface area (TPSA) is 139 Å². The number of nitro benzene ring substituents is 1. The minimum absolute atomic E-state index is 0.0316. The number of rotatable bonds is 12. The van der Waals surface area contributed by atoms with Crippen LogP contribution in [-0.2, 0) is 26.2 Å². The molecule has 0 aliphatic heterocycles. The molecule has 0 unspecified atom stereocenters. The van der Waals surface area contributed by atoms with Crippen molar-refractivity contribution in [3.63, 3.8) is 0 Å². The van der Waals surface area contributed by atoms with Gasteiger partial charge in [0.25, 0.3) is 5.69 Å². The van der Waals surface area contributed by atoms with E-state index in [2.05, 4.69) is 5.32 Å². The number of ether oxygens (including phenoxy) is 1. The first-order chi connectivity index (χ1) is 18.9. The highest BCUT2D eigenvalue weighted by Crippen LogP contribution is 2.28. The second kappa shape index (κ2) is 13.6. The van der Waals surface area contributed by atoms with Gasteiger partial charge in [-0.15, -0.1) is 0 Å². The third-order valence-electron chi connectivity index (χ3n) is 7.18. The fourth-order valence-electron chi connectivity index (χ4n) is 5.01. The molecule has 1 aliphatic rings.